The topological polar surface area (TPSA) is 27.6 Å². The number of nitrogens with one attached hydrogen (secondary N) is 1. The van der Waals surface area contributed by atoms with Gasteiger partial charge in [0, 0.05) is 25.6 Å². The summed E-state index contributed by atoms with van der Waals surface area (Å²) in [5, 5.41) is 3.22. The lowest BCUT2D eigenvalue weighted by Crippen LogP contribution is -2.41. The average Bonchev–Trinajstić information content (AvgIpc) is 2.38. The number of likely N-dealkylation sites (N-methyl/N-ethyl adjacent to an activating group) is 1. The molecule has 0 bridgehead atoms. The summed E-state index contributed by atoms with van der Waals surface area (Å²) in [6.45, 7) is 13.4. The molecule has 0 aliphatic carbocycles. The van der Waals surface area contributed by atoms with E-state index in [1.165, 1.54) is 5.84 Å². The Kier molecular flexibility index (Phi) is 4.36. The lowest BCUT2D eigenvalue weighted by Gasteiger charge is -2.29. The van der Waals surface area contributed by atoms with Gasteiger partial charge in [0.15, 0.2) is 0 Å². The summed E-state index contributed by atoms with van der Waals surface area (Å²) in [5.74, 6) is 1.29. The van der Waals surface area contributed by atoms with Gasteiger partial charge in [0.05, 0.1) is 6.04 Å². The molecule has 0 aromatic heterocycles. The summed E-state index contributed by atoms with van der Waals surface area (Å²) in [6, 6.07) is 0.986. The largest absolute Gasteiger partial charge is 0.354 e. The van der Waals surface area contributed by atoms with Crippen molar-refractivity contribution in [1.29, 1.82) is 0 Å². The maximum Gasteiger partial charge on any atom is 0.100 e. The summed E-state index contributed by atoms with van der Waals surface area (Å²) in [5.41, 5.74) is 0.320. The highest BCUT2D eigenvalue weighted by Gasteiger charge is 2.31. The number of hydrogen-bond acceptors (Lipinski definition) is 3. The Bertz CT molecular complexity index is 252. The predicted molar refractivity (Wildman–Crippen MR) is 71.1 cm³/mol. The highest BCUT2D eigenvalue weighted by Crippen LogP contribution is 2.26. The third-order valence-corrected chi connectivity index (χ3v) is 3.17. The van der Waals surface area contributed by atoms with Crippen LogP contribution in [0.25, 0.3) is 0 Å². The summed E-state index contributed by atoms with van der Waals surface area (Å²) < 4.78 is 0. The fraction of sp³-hybridized carbons (Fsp3) is 0.923. The van der Waals surface area contributed by atoms with Crippen LogP contribution in [-0.2, 0) is 0 Å². The maximum atomic E-state index is 4.80. The Morgan fingerprint density at radius 1 is 1.31 bits per heavy atom. The van der Waals surface area contributed by atoms with Crippen LogP contribution in [0.3, 0.4) is 0 Å². The molecule has 1 aliphatic rings. The minimum Gasteiger partial charge on any atom is -0.354 e. The lowest BCUT2D eigenvalue weighted by atomic mass is 9.91. The standard InChI is InChI=1S/C13H27N3/c1-10-11(2)16(8-7-14-6)12(15-10)9-13(3,4)5/h10-11,14H,7-9H2,1-6H3. The maximum absolute atomic E-state index is 4.80. The molecule has 0 aromatic carbocycles. The fourth-order valence-electron chi connectivity index (χ4n) is 2.10. The second-order valence-corrected chi connectivity index (χ2v) is 6.06. The summed E-state index contributed by atoms with van der Waals surface area (Å²) in [6.07, 6.45) is 1.07. The summed E-state index contributed by atoms with van der Waals surface area (Å²) in [4.78, 5) is 7.27. The van der Waals surface area contributed by atoms with Gasteiger partial charge in [0.1, 0.15) is 5.84 Å². The third-order valence-electron chi connectivity index (χ3n) is 3.17. The van der Waals surface area contributed by atoms with Gasteiger partial charge in [-0.2, -0.15) is 0 Å². The molecule has 0 amide bonds. The van der Waals surface area contributed by atoms with Crippen molar-refractivity contribution in [2.24, 2.45) is 10.4 Å². The molecule has 1 heterocycles. The number of aliphatic imine (C=N–C) groups is 1. The van der Waals surface area contributed by atoms with Crippen molar-refractivity contribution >= 4 is 5.84 Å². The molecule has 0 aromatic rings. The van der Waals surface area contributed by atoms with E-state index < -0.39 is 0 Å². The van der Waals surface area contributed by atoms with Gasteiger partial charge >= 0.3 is 0 Å². The van der Waals surface area contributed by atoms with Gasteiger partial charge in [0.25, 0.3) is 0 Å². The van der Waals surface area contributed by atoms with Crippen LogP contribution in [0.1, 0.15) is 41.0 Å². The number of amidine groups is 1. The van der Waals surface area contributed by atoms with Crippen LogP contribution in [0.2, 0.25) is 0 Å². The summed E-state index contributed by atoms with van der Waals surface area (Å²) >= 11 is 0. The fourth-order valence-corrected chi connectivity index (χ4v) is 2.10. The van der Waals surface area contributed by atoms with Crippen LogP contribution in [0.4, 0.5) is 0 Å². The molecule has 2 atom stereocenters. The smallest absolute Gasteiger partial charge is 0.100 e. The molecular formula is C13H27N3. The van der Waals surface area contributed by atoms with Gasteiger partial charge in [-0.25, -0.2) is 0 Å². The van der Waals surface area contributed by atoms with E-state index in [9.17, 15) is 0 Å². The minimum absolute atomic E-state index is 0.320. The van der Waals surface area contributed by atoms with E-state index in [1.807, 2.05) is 7.05 Å². The molecule has 1 N–H and O–H groups in total. The van der Waals surface area contributed by atoms with Crippen LogP contribution in [-0.4, -0.2) is 43.0 Å². The van der Waals surface area contributed by atoms with Gasteiger partial charge < -0.3 is 10.2 Å². The SMILES string of the molecule is CNCCN1C(CC(C)(C)C)=NC(C)C1C. The molecule has 3 nitrogen and oxygen atoms in total. The first-order valence-electron chi connectivity index (χ1n) is 6.33. The lowest BCUT2D eigenvalue weighted by molar-refractivity contribution is 0.314. The molecule has 0 saturated carbocycles. The van der Waals surface area contributed by atoms with E-state index in [0.717, 1.165) is 19.5 Å². The van der Waals surface area contributed by atoms with Crippen molar-refractivity contribution in [1.82, 2.24) is 10.2 Å². The van der Waals surface area contributed by atoms with E-state index >= 15 is 0 Å². The number of rotatable bonds is 4. The highest BCUT2D eigenvalue weighted by atomic mass is 15.3. The first-order chi connectivity index (χ1) is 7.35. The van der Waals surface area contributed by atoms with Crippen LogP contribution in [0, 0.1) is 5.41 Å². The molecule has 0 fully saturated rings. The van der Waals surface area contributed by atoms with E-state index in [0.29, 0.717) is 17.5 Å². The van der Waals surface area contributed by atoms with Crippen molar-refractivity contribution < 1.29 is 0 Å². The molecule has 94 valence electrons. The van der Waals surface area contributed by atoms with Crippen molar-refractivity contribution in [3.8, 4) is 0 Å². The zero-order valence-electron chi connectivity index (χ0n) is 11.7. The Morgan fingerprint density at radius 2 is 1.94 bits per heavy atom. The Morgan fingerprint density at radius 3 is 2.44 bits per heavy atom. The van der Waals surface area contributed by atoms with E-state index in [4.69, 9.17) is 4.99 Å². The van der Waals surface area contributed by atoms with E-state index in [1.54, 1.807) is 0 Å². The van der Waals surface area contributed by atoms with Gasteiger partial charge in [0.2, 0.25) is 0 Å². The molecule has 0 saturated heterocycles. The zero-order valence-corrected chi connectivity index (χ0v) is 11.7. The first-order valence-corrected chi connectivity index (χ1v) is 6.33. The van der Waals surface area contributed by atoms with Crippen LogP contribution < -0.4 is 5.32 Å². The van der Waals surface area contributed by atoms with E-state index in [-0.39, 0.29) is 0 Å². The quantitative estimate of drug-likeness (QED) is 0.794. The zero-order chi connectivity index (χ0) is 12.3. The Hall–Kier alpha value is -0.570. The Balaban J connectivity index is 2.68. The van der Waals surface area contributed by atoms with Crippen LogP contribution in [0.15, 0.2) is 4.99 Å². The van der Waals surface area contributed by atoms with Gasteiger partial charge in [-0.1, -0.05) is 20.8 Å². The Labute approximate surface area is 100 Å². The van der Waals surface area contributed by atoms with E-state index in [2.05, 4.69) is 44.8 Å². The minimum atomic E-state index is 0.320. The van der Waals surface area contributed by atoms with Crippen molar-refractivity contribution in [3.05, 3.63) is 0 Å². The molecule has 2 unspecified atom stereocenters. The molecule has 16 heavy (non-hydrogen) atoms. The van der Waals surface area contributed by atoms with Gasteiger partial charge in [-0.3, -0.25) is 4.99 Å². The molecule has 0 spiro atoms. The van der Waals surface area contributed by atoms with Gasteiger partial charge in [-0.15, -0.1) is 0 Å². The average molecular weight is 225 g/mol. The molecule has 0 radical (unpaired) electrons. The molecular weight excluding hydrogens is 198 g/mol. The molecule has 1 aliphatic heterocycles. The first kappa shape index (κ1) is 13.5. The monoisotopic (exact) mass is 225 g/mol. The normalized spacial score (nSPS) is 26.1. The van der Waals surface area contributed by atoms with Crippen molar-refractivity contribution in [2.45, 2.75) is 53.1 Å². The van der Waals surface area contributed by atoms with Crippen LogP contribution in [0.5, 0.6) is 0 Å². The van der Waals surface area contributed by atoms with Crippen LogP contribution >= 0.6 is 0 Å². The third kappa shape index (κ3) is 3.48. The highest BCUT2D eigenvalue weighted by molar-refractivity contribution is 5.85. The molecule has 1 rings (SSSR count). The summed E-state index contributed by atoms with van der Waals surface area (Å²) in [7, 11) is 2.00. The number of nitrogens with zero attached hydrogens (tertiary/aromatic N) is 2. The van der Waals surface area contributed by atoms with Gasteiger partial charge in [-0.05, 0) is 26.3 Å². The predicted octanol–water partition coefficient (Wildman–Crippen LogP) is 2.13. The second kappa shape index (κ2) is 5.17. The number of hydrogen-bond donors (Lipinski definition) is 1. The van der Waals surface area contributed by atoms with Crippen molar-refractivity contribution in [2.75, 3.05) is 20.1 Å². The van der Waals surface area contributed by atoms with Crippen molar-refractivity contribution in [3.63, 3.8) is 0 Å². The second-order valence-electron chi connectivity index (χ2n) is 6.06. The molecule has 3 heteroatoms.